The summed E-state index contributed by atoms with van der Waals surface area (Å²) in [5.74, 6) is 0.925. The molecular formula is C12H22N2. The second-order valence-corrected chi connectivity index (χ2v) is 4.93. The van der Waals surface area contributed by atoms with Gasteiger partial charge in [-0.15, -0.1) is 6.58 Å². The summed E-state index contributed by atoms with van der Waals surface area (Å²) in [6, 6.07) is 0.786. The average Bonchev–Trinajstić information content (AvgIpc) is 2.57. The van der Waals surface area contributed by atoms with Gasteiger partial charge in [0.25, 0.3) is 0 Å². The number of hydrogen-bond donors (Lipinski definition) is 1. The zero-order valence-electron chi connectivity index (χ0n) is 9.26. The molecule has 0 bridgehead atoms. The third-order valence-corrected chi connectivity index (χ3v) is 3.53. The Kier molecular flexibility index (Phi) is 3.24. The van der Waals surface area contributed by atoms with E-state index in [1.807, 2.05) is 0 Å². The van der Waals surface area contributed by atoms with Crippen LogP contribution in [0.5, 0.6) is 0 Å². The van der Waals surface area contributed by atoms with Crippen molar-refractivity contribution in [2.24, 2.45) is 5.92 Å². The quantitative estimate of drug-likeness (QED) is 0.687. The van der Waals surface area contributed by atoms with Crippen molar-refractivity contribution < 1.29 is 0 Å². The minimum absolute atomic E-state index is 0.786. The Bertz CT molecular complexity index is 198. The minimum atomic E-state index is 0.786. The predicted octanol–water partition coefficient (Wildman–Crippen LogP) is 1.64. The molecule has 2 heteroatoms. The van der Waals surface area contributed by atoms with Gasteiger partial charge in [0.2, 0.25) is 0 Å². The second kappa shape index (κ2) is 4.45. The lowest BCUT2D eigenvalue weighted by molar-refractivity contribution is 0.322. The monoisotopic (exact) mass is 194 g/mol. The van der Waals surface area contributed by atoms with Crippen LogP contribution in [0.1, 0.15) is 26.2 Å². The molecule has 0 unspecified atom stereocenters. The Balaban J connectivity index is 1.78. The van der Waals surface area contributed by atoms with Gasteiger partial charge in [0.1, 0.15) is 0 Å². The molecule has 0 saturated carbocycles. The smallest absolute Gasteiger partial charge is 0.0235 e. The molecule has 2 aliphatic heterocycles. The number of likely N-dealkylation sites (tertiary alicyclic amines) is 1. The molecule has 0 spiro atoms. The van der Waals surface area contributed by atoms with Crippen molar-refractivity contribution >= 4 is 0 Å². The van der Waals surface area contributed by atoms with Gasteiger partial charge in [0, 0.05) is 25.7 Å². The Labute approximate surface area is 87.4 Å². The molecule has 0 radical (unpaired) electrons. The van der Waals surface area contributed by atoms with Gasteiger partial charge >= 0.3 is 0 Å². The topological polar surface area (TPSA) is 15.3 Å². The minimum Gasteiger partial charge on any atom is -0.312 e. The first-order valence-corrected chi connectivity index (χ1v) is 5.86. The summed E-state index contributed by atoms with van der Waals surface area (Å²) in [5, 5.41) is 3.63. The van der Waals surface area contributed by atoms with Gasteiger partial charge in [-0.3, -0.25) is 0 Å². The lowest BCUT2D eigenvalue weighted by Gasteiger charge is -2.24. The van der Waals surface area contributed by atoms with E-state index in [1.165, 1.54) is 51.0 Å². The zero-order valence-corrected chi connectivity index (χ0v) is 9.26. The molecule has 0 aliphatic carbocycles. The van der Waals surface area contributed by atoms with E-state index in [0.717, 1.165) is 12.0 Å². The Hall–Kier alpha value is -0.340. The third kappa shape index (κ3) is 2.37. The number of piperidine rings is 1. The molecule has 2 heterocycles. The number of nitrogens with zero attached hydrogens (tertiary/aromatic N) is 1. The first-order valence-electron chi connectivity index (χ1n) is 5.86. The fourth-order valence-corrected chi connectivity index (χ4v) is 2.67. The molecule has 80 valence electrons. The lowest BCUT2D eigenvalue weighted by Crippen LogP contribution is -2.40. The Morgan fingerprint density at radius 1 is 1.50 bits per heavy atom. The average molecular weight is 194 g/mol. The van der Waals surface area contributed by atoms with Gasteiger partial charge in [0.15, 0.2) is 0 Å². The molecule has 2 aliphatic rings. The lowest BCUT2D eigenvalue weighted by atomic mass is 9.94. The molecule has 0 aromatic heterocycles. The molecule has 2 fully saturated rings. The van der Waals surface area contributed by atoms with Crippen LogP contribution in [-0.4, -0.2) is 37.1 Å². The van der Waals surface area contributed by atoms with Crippen molar-refractivity contribution in [1.82, 2.24) is 10.2 Å². The summed E-state index contributed by atoms with van der Waals surface area (Å²) in [7, 11) is 0. The highest BCUT2D eigenvalue weighted by Crippen LogP contribution is 2.24. The van der Waals surface area contributed by atoms with Crippen molar-refractivity contribution in [2.45, 2.75) is 32.2 Å². The maximum Gasteiger partial charge on any atom is 0.0235 e. The highest BCUT2D eigenvalue weighted by Gasteiger charge is 2.33. The van der Waals surface area contributed by atoms with E-state index in [1.54, 1.807) is 0 Å². The first-order chi connectivity index (χ1) is 6.75. The molecule has 2 saturated heterocycles. The molecule has 2 nitrogen and oxygen atoms in total. The normalized spacial score (nSPS) is 32.9. The van der Waals surface area contributed by atoms with Gasteiger partial charge in [-0.2, -0.15) is 0 Å². The number of rotatable bonds is 3. The summed E-state index contributed by atoms with van der Waals surface area (Å²) in [6.45, 7) is 11.1. The van der Waals surface area contributed by atoms with E-state index < -0.39 is 0 Å². The van der Waals surface area contributed by atoms with Crippen molar-refractivity contribution in [3.63, 3.8) is 0 Å². The molecule has 1 N–H and O–H groups in total. The van der Waals surface area contributed by atoms with Crippen molar-refractivity contribution in [3.05, 3.63) is 12.2 Å². The van der Waals surface area contributed by atoms with Gasteiger partial charge in [-0.05, 0) is 38.6 Å². The van der Waals surface area contributed by atoms with Gasteiger partial charge in [-0.25, -0.2) is 0 Å². The standard InChI is InChI=1S/C12H22N2/c1-10(2)5-7-14-8-11-4-3-6-13-12(11)9-14/h11-13H,1,3-9H2,2H3/t11-,12+/m0/s1. The molecule has 0 amide bonds. The van der Waals surface area contributed by atoms with Crippen LogP contribution >= 0.6 is 0 Å². The van der Waals surface area contributed by atoms with Crippen LogP contribution in [-0.2, 0) is 0 Å². The molecule has 0 aromatic carbocycles. The zero-order chi connectivity index (χ0) is 9.97. The third-order valence-electron chi connectivity index (χ3n) is 3.53. The Morgan fingerprint density at radius 3 is 3.07 bits per heavy atom. The van der Waals surface area contributed by atoms with E-state index in [2.05, 4.69) is 23.7 Å². The van der Waals surface area contributed by atoms with E-state index in [4.69, 9.17) is 0 Å². The largest absolute Gasteiger partial charge is 0.312 e. The van der Waals surface area contributed by atoms with Gasteiger partial charge in [0.05, 0.1) is 0 Å². The molecule has 2 atom stereocenters. The van der Waals surface area contributed by atoms with Gasteiger partial charge in [-0.1, -0.05) is 5.57 Å². The van der Waals surface area contributed by atoms with E-state index in [-0.39, 0.29) is 0 Å². The second-order valence-electron chi connectivity index (χ2n) is 4.93. The summed E-state index contributed by atoms with van der Waals surface area (Å²) in [6.07, 6.45) is 3.97. The molecule has 2 rings (SSSR count). The SMILES string of the molecule is C=C(C)CCN1C[C@@H]2CCCN[C@@H]2C1. The highest BCUT2D eigenvalue weighted by molar-refractivity contribution is 4.94. The van der Waals surface area contributed by atoms with Crippen LogP contribution in [0.25, 0.3) is 0 Å². The van der Waals surface area contributed by atoms with Crippen molar-refractivity contribution in [3.8, 4) is 0 Å². The first kappa shape index (κ1) is 10.2. The van der Waals surface area contributed by atoms with Crippen LogP contribution in [0, 0.1) is 5.92 Å². The van der Waals surface area contributed by atoms with Crippen LogP contribution in [0.3, 0.4) is 0 Å². The van der Waals surface area contributed by atoms with E-state index in [9.17, 15) is 0 Å². The molecule has 14 heavy (non-hydrogen) atoms. The van der Waals surface area contributed by atoms with Crippen molar-refractivity contribution in [1.29, 1.82) is 0 Å². The number of nitrogens with one attached hydrogen (secondary N) is 1. The van der Waals surface area contributed by atoms with Gasteiger partial charge < -0.3 is 10.2 Å². The van der Waals surface area contributed by atoms with Crippen LogP contribution < -0.4 is 5.32 Å². The fraction of sp³-hybridized carbons (Fsp3) is 0.833. The number of fused-ring (bicyclic) bond motifs is 1. The summed E-state index contributed by atoms with van der Waals surface area (Å²) in [5.41, 5.74) is 1.31. The van der Waals surface area contributed by atoms with Crippen LogP contribution in [0.4, 0.5) is 0 Å². The van der Waals surface area contributed by atoms with E-state index in [0.29, 0.717) is 0 Å². The van der Waals surface area contributed by atoms with Crippen molar-refractivity contribution in [2.75, 3.05) is 26.2 Å². The fourth-order valence-electron chi connectivity index (χ4n) is 2.67. The molecule has 0 aromatic rings. The Morgan fingerprint density at radius 2 is 2.36 bits per heavy atom. The summed E-state index contributed by atoms with van der Waals surface area (Å²) in [4.78, 5) is 2.60. The summed E-state index contributed by atoms with van der Waals surface area (Å²) < 4.78 is 0. The number of hydrogen-bond acceptors (Lipinski definition) is 2. The molecular weight excluding hydrogens is 172 g/mol. The maximum atomic E-state index is 3.96. The summed E-state index contributed by atoms with van der Waals surface area (Å²) >= 11 is 0. The van der Waals surface area contributed by atoms with Crippen LogP contribution in [0.2, 0.25) is 0 Å². The maximum absolute atomic E-state index is 3.96. The highest BCUT2D eigenvalue weighted by atomic mass is 15.2. The van der Waals surface area contributed by atoms with E-state index >= 15 is 0 Å². The van der Waals surface area contributed by atoms with Crippen LogP contribution in [0.15, 0.2) is 12.2 Å². The predicted molar refractivity (Wildman–Crippen MR) is 60.4 cm³/mol.